The molecule has 6 heteroatoms. The summed E-state index contributed by atoms with van der Waals surface area (Å²) < 4.78 is 0. The smallest absolute Gasteiger partial charge is 1.00 e. The van der Waals surface area contributed by atoms with Crippen molar-refractivity contribution in [1.29, 1.82) is 0 Å². The van der Waals surface area contributed by atoms with E-state index in [0.717, 1.165) is 0 Å². The maximum atomic E-state index is 0. The summed E-state index contributed by atoms with van der Waals surface area (Å²) >= 11 is 0. The van der Waals surface area contributed by atoms with Crippen LogP contribution in [0, 0.1) is 0 Å². The molecule has 0 aromatic rings. The zero-order chi connectivity index (χ0) is 0. The second-order valence-electron chi connectivity index (χ2n) is 0. The van der Waals surface area contributed by atoms with E-state index in [4.69, 9.17) is 0 Å². The van der Waals surface area contributed by atoms with Crippen LogP contribution in [0.25, 0.3) is 0 Å². The zero-order valence-corrected chi connectivity index (χ0v) is 10.4. The maximum absolute atomic E-state index is 0. The molecule has 0 unspecified atom stereocenters. The Kier molecular flexibility index (Phi) is 315. The number of hydrogen-bond donors (Lipinski definition) is 0. The molecule has 0 N–H and O–H groups in total. The van der Waals surface area contributed by atoms with Gasteiger partial charge in [0.2, 0.25) is 0 Å². The first-order chi connectivity index (χ1) is 0. The van der Waals surface area contributed by atoms with Crippen LogP contribution >= 0.6 is 0 Å². The molecule has 0 aliphatic carbocycles. The molecule has 0 spiro atoms. The SMILES string of the molecule is [Br-].[Cl-].[Cl-].[K+].[Li+].[Li+]. The fraction of sp³-hybridized carbons (Fsp3) is 0. The molecule has 0 nitrogen and oxygen atoms in total. The van der Waals surface area contributed by atoms with E-state index in [-0.39, 0.29) is 131 Å². The van der Waals surface area contributed by atoms with Crippen LogP contribution in [0.5, 0.6) is 0 Å². The molecular weight excluding hydrogens is 204 g/mol. The molecular formula is BrCl2KLi2. The average Bonchev–Trinajstić information content (AvgIpc) is 0. The Labute approximate surface area is 128 Å². The van der Waals surface area contributed by atoms with Gasteiger partial charge in [-0.3, -0.25) is 0 Å². The molecule has 0 fully saturated rings. The molecule has 0 radical (unpaired) electrons. The molecule has 0 aromatic heterocycles. The zero-order valence-electron chi connectivity index (χ0n) is 4.13. The minimum absolute atomic E-state index is 0. The normalized spacial score (nSPS) is 0. The maximum Gasteiger partial charge on any atom is 1.00 e. The minimum Gasteiger partial charge on any atom is -1.00 e. The van der Waals surface area contributed by atoms with Crippen LogP contribution in [-0.4, -0.2) is 0 Å². The molecule has 6 heavy (non-hydrogen) atoms. The van der Waals surface area contributed by atoms with Crippen molar-refractivity contribution in [3.63, 3.8) is 0 Å². The molecule has 0 bridgehead atoms. The molecule has 0 amide bonds. The van der Waals surface area contributed by atoms with E-state index in [1.54, 1.807) is 0 Å². The van der Waals surface area contributed by atoms with Crippen molar-refractivity contribution < 1.29 is 131 Å². The van der Waals surface area contributed by atoms with Gasteiger partial charge in [0.15, 0.2) is 0 Å². The summed E-state index contributed by atoms with van der Waals surface area (Å²) in [5.74, 6) is 0. The minimum atomic E-state index is 0. The van der Waals surface area contributed by atoms with Crippen molar-refractivity contribution in [2.75, 3.05) is 0 Å². The quantitative estimate of drug-likeness (QED) is 0.343. The standard InChI is InChI=1S/BrH.2ClH.K.2Li/h3*1H;;;/q;;;3*+1/p-3. The third-order valence-electron chi connectivity index (χ3n) is 0. The molecule has 0 aliphatic rings. The first kappa shape index (κ1) is 51.6. The van der Waals surface area contributed by atoms with Crippen LogP contribution in [0.2, 0.25) is 0 Å². The summed E-state index contributed by atoms with van der Waals surface area (Å²) in [7, 11) is 0. The topological polar surface area (TPSA) is 0 Å². The van der Waals surface area contributed by atoms with Crippen LogP contribution in [0.3, 0.4) is 0 Å². The van der Waals surface area contributed by atoms with Gasteiger partial charge in [0.25, 0.3) is 0 Å². The van der Waals surface area contributed by atoms with Crippen LogP contribution in [0.1, 0.15) is 0 Å². The fourth-order valence-electron chi connectivity index (χ4n) is 0. The molecule has 0 aliphatic heterocycles. The Morgan fingerprint density at radius 2 is 0.667 bits per heavy atom. The molecule has 24 valence electrons. The summed E-state index contributed by atoms with van der Waals surface area (Å²) in [6, 6.07) is 0. The Hall–Kier alpha value is 3.89. The van der Waals surface area contributed by atoms with E-state index in [1.807, 2.05) is 0 Å². The Morgan fingerprint density at radius 3 is 0.667 bits per heavy atom. The van der Waals surface area contributed by atoms with Gasteiger partial charge in [-0.1, -0.05) is 0 Å². The van der Waals surface area contributed by atoms with Gasteiger partial charge < -0.3 is 41.8 Å². The van der Waals surface area contributed by atoms with Crippen LogP contribution in [-0.2, 0) is 0 Å². The molecule has 0 saturated carbocycles. The number of hydrogen-bond acceptors (Lipinski definition) is 0. The van der Waals surface area contributed by atoms with Gasteiger partial charge in [-0.15, -0.1) is 0 Å². The second-order valence-corrected chi connectivity index (χ2v) is 0. The Morgan fingerprint density at radius 1 is 0.667 bits per heavy atom. The van der Waals surface area contributed by atoms with Gasteiger partial charge >= 0.3 is 89.1 Å². The molecule has 0 saturated heterocycles. The molecule has 0 heterocycles. The second kappa shape index (κ2) is 36.6. The Bertz CT molecular complexity index is 11.5. The van der Waals surface area contributed by atoms with Gasteiger partial charge in [0, 0.05) is 0 Å². The van der Waals surface area contributed by atoms with E-state index in [2.05, 4.69) is 0 Å². The van der Waals surface area contributed by atoms with E-state index < -0.39 is 0 Å². The summed E-state index contributed by atoms with van der Waals surface area (Å²) in [6.45, 7) is 0. The van der Waals surface area contributed by atoms with Gasteiger partial charge in [-0.25, -0.2) is 0 Å². The Balaban J connectivity index is 0. The van der Waals surface area contributed by atoms with E-state index in [9.17, 15) is 0 Å². The van der Waals surface area contributed by atoms with Crippen molar-refractivity contribution in [3.8, 4) is 0 Å². The summed E-state index contributed by atoms with van der Waals surface area (Å²) in [5, 5.41) is 0. The van der Waals surface area contributed by atoms with Gasteiger partial charge in [0.1, 0.15) is 0 Å². The third-order valence-corrected chi connectivity index (χ3v) is 0. The third kappa shape index (κ3) is 24.7. The van der Waals surface area contributed by atoms with Gasteiger partial charge in [-0.05, 0) is 0 Å². The first-order valence-corrected chi connectivity index (χ1v) is 0. The average molecular weight is 204 g/mol. The van der Waals surface area contributed by atoms with Crippen molar-refractivity contribution in [1.82, 2.24) is 0 Å². The van der Waals surface area contributed by atoms with Crippen molar-refractivity contribution >= 4 is 0 Å². The molecule has 0 atom stereocenters. The van der Waals surface area contributed by atoms with E-state index in [0.29, 0.717) is 0 Å². The number of halogens is 3. The van der Waals surface area contributed by atoms with E-state index >= 15 is 0 Å². The molecule has 0 rings (SSSR count). The van der Waals surface area contributed by atoms with Gasteiger partial charge in [0.05, 0.1) is 0 Å². The first-order valence-electron chi connectivity index (χ1n) is 0. The van der Waals surface area contributed by atoms with Crippen LogP contribution in [0.15, 0.2) is 0 Å². The summed E-state index contributed by atoms with van der Waals surface area (Å²) in [6.07, 6.45) is 0. The van der Waals surface area contributed by atoms with Gasteiger partial charge in [-0.2, -0.15) is 0 Å². The monoisotopic (exact) mass is 202 g/mol. The number of rotatable bonds is 0. The fourth-order valence-corrected chi connectivity index (χ4v) is 0. The molecule has 0 aromatic carbocycles. The predicted octanol–water partition coefficient (Wildman–Crippen LogP) is -18.0. The predicted molar refractivity (Wildman–Crippen MR) is 0 cm³/mol. The van der Waals surface area contributed by atoms with Crippen LogP contribution in [0.4, 0.5) is 0 Å². The van der Waals surface area contributed by atoms with E-state index in [1.165, 1.54) is 0 Å². The summed E-state index contributed by atoms with van der Waals surface area (Å²) in [5.41, 5.74) is 0. The van der Waals surface area contributed by atoms with Crippen LogP contribution < -0.4 is 131 Å². The van der Waals surface area contributed by atoms with Crippen molar-refractivity contribution in [2.24, 2.45) is 0 Å². The van der Waals surface area contributed by atoms with Crippen molar-refractivity contribution in [3.05, 3.63) is 0 Å². The largest absolute Gasteiger partial charge is 1.00 e. The summed E-state index contributed by atoms with van der Waals surface area (Å²) in [4.78, 5) is 0. The van der Waals surface area contributed by atoms with Crippen molar-refractivity contribution in [2.45, 2.75) is 0 Å².